The van der Waals surface area contributed by atoms with E-state index in [2.05, 4.69) is 30.1 Å². The maximum absolute atomic E-state index is 12.3. The molecule has 0 radical (unpaired) electrons. The Labute approximate surface area is 159 Å². The van der Waals surface area contributed by atoms with Crippen LogP contribution in [-0.2, 0) is 4.79 Å². The molecule has 0 aliphatic carbocycles. The van der Waals surface area contributed by atoms with Crippen molar-refractivity contribution < 1.29 is 4.79 Å². The van der Waals surface area contributed by atoms with E-state index in [4.69, 9.17) is 5.73 Å². The lowest BCUT2D eigenvalue weighted by Gasteiger charge is -2.34. The Balaban J connectivity index is 1.36. The van der Waals surface area contributed by atoms with Crippen LogP contribution in [0.1, 0.15) is 32.1 Å². The molecule has 0 spiro atoms. The number of aromatic nitrogens is 3. The standard InChI is InChI=1S/C19H27N7O/c20-19-18-15(21-13-22-19)5-6-16(24-18)26-10-3-4-14(12-26)23-17(27)7-11-25-8-1-2-9-25/h5-6,13-14H,1-4,7-12H2,(H,23,27)(H2,20,21,22). The summed E-state index contributed by atoms with van der Waals surface area (Å²) in [6.45, 7) is 4.82. The molecule has 2 saturated heterocycles. The maximum atomic E-state index is 12.3. The highest BCUT2D eigenvalue weighted by atomic mass is 16.1. The zero-order chi connectivity index (χ0) is 18.6. The minimum absolute atomic E-state index is 0.151. The van der Waals surface area contributed by atoms with E-state index >= 15 is 0 Å². The van der Waals surface area contributed by atoms with Crippen LogP contribution in [0.2, 0.25) is 0 Å². The molecule has 1 unspecified atom stereocenters. The summed E-state index contributed by atoms with van der Waals surface area (Å²) < 4.78 is 0. The number of nitrogens with zero attached hydrogens (tertiary/aromatic N) is 5. The van der Waals surface area contributed by atoms with E-state index in [0.29, 0.717) is 17.8 Å². The summed E-state index contributed by atoms with van der Waals surface area (Å²) in [7, 11) is 0. The van der Waals surface area contributed by atoms with Gasteiger partial charge in [-0.1, -0.05) is 0 Å². The number of carbonyl (C=O) groups excluding carboxylic acids is 1. The van der Waals surface area contributed by atoms with Gasteiger partial charge in [0, 0.05) is 32.1 Å². The molecule has 27 heavy (non-hydrogen) atoms. The number of anilines is 2. The fourth-order valence-corrected chi connectivity index (χ4v) is 3.99. The molecule has 0 saturated carbocycles. The van der Waals surface area contributed by atoms with Crippen LogP contribution >= 0.6 is 0 Å². The minimum atomic E-state index is 0.151. The summed E-state index contributed by atoms with van der Waals surface area (Å²) in [6.07, 6.45) is 6.58. The van der Waals surface area contributed by atoms with E-state index in [1.54, 1.807) is 0 Å². The lowest BCUT2D eigenvalue weighted by Crippen LogP contribution is -2.48. The Morgan fingerprint density at radius 1 is 1.19 bits per heavy atom. The quantitative estimate of drug-likeness (QED) is 0.816. The zero-order valence-electron chi connectivity index (χ0n) is 15.6. The second-order valence-corrected chi connectivity index (χ2v) is 7.45. The molecule has 2 aliphatic heterocycles. The van der Waals surface area contributed by atoms with Gasteiger partial charge in [0.15, 0.2) is 5.82 Å². The highest BCUT2D eigenvalue weighted by molar-refractivity contribution is 5.85. The van der Waals surface area contributed by atoms with Crippen molar-refractivity contribution >= 4 is 28.6 Å². The second kappa shape index (κ2) is 8.04. The van der Waals surface area contributed by atoms with Gasteiger partial charge in [0.2, 0.25) is 5.91 Å². The first-order valence-corrected chi connectivity index (χ1v) is 9.83. The van der Waals surface area contributed by atoms with Gasteiger partial charge in [0.05, 0.1) is 5.52 Å². The first-order valence-electron chi connectivity index (χ1n) is 9.83. The van der Waals surface area contributed by atoms with Crippen LogP contribution in [0, 0.1) is 0 Å². The van der Waals surface area contributed by atoms with Gasteiger partial charge in [-0.3, -0.25) is 4.79 Å². The van der Waals surface area contributed by atoms with Crippen LogP contribution in [0.5, 0.6) is 0 Å². The fourth-order valence-electron chi connectivity index (χ4n) is 3.99. The highest BCUT2D eigenvalue weighted by Gasteiger charge is 2.23. The first-order chi connectivity index (χ1) is 13.2. The molecule has 3 N–H and O–H groups in total. The number of fused-ring (bicyclic) bond motifs is 1. The Kier molecular flexibility index (Phi) is 5.33. The van der Waals surface area contributed by atoms with Crippen LogP contribution in [0.25, 0.3) is 11.0 Å². The van der Waals surface area contributed by atoms with Crippen molar-refractivity contribution in [1.29, 1.82) is 0 Å². The number of carbonyl (C=O) groups is 1. The van der Waals surface area contributed by atoms with Crippen molar-refractivity contribution in [1.82, 2.24) is 25.2 Å². The topological polar surface area (TPSA) is 100 Å². The van der Waals surface area contributed by atoms with Gasteiger partial charge in [-0.15, -0.1) is 0 Å². The van der Waals surface area contributed by atoms with E-state index in [0.717, 1.165) is 56.9 Å². The number of nitrogens with one attached hydrogen (secondary N) is 1. The predicted octanol–water partition coefficient (Wildman–Crippen LogP) is 1.18. The zero-order valence-corrected chi connectivity index (χ0v) is 15.6. The third-order valence-electron chi connectivity index (χ3n) is 5.46. The number of amides is 1. The van der Waals surface area contributed by atoms with E-state index in [1.807, 2.05) is 12.1 Å². The minimum Gasteiger partial charge on any atom is -0.382 e. The van der Waals surface area contributed by atoms with Crippen molar-refractivity contribution in [2.75, 3.05) is 43.4 Å². The van der Waals surface area contributed by atoms with Gasteiger partial charge < -0.3 is 20.9 Å². The van der Waals surface area contributed by atoms with Crippen molar-refractivity contribution in [3.05, 3.63) is 18.5 Å². The molecule has 4 heterocycles. The summed E-state index contributed by atoms with van der Waals surface area (Å²) in [5.74, 6) is 1.41. The predicted molar refractivity (Wildman–Crippen MR) is 105 cm³/mol. The molecule has 2 aliphatic rings. The fraction of sp³-hybridized carbons (Fsp3) is 0.579. The van der Waals surface area contributed by atoms with Crippen molar-refractivity contribution in [2.45, 2.75) is 38.1 Å². The third kappa shape index (κ3) is 4.27. The molecule has 4 rings (SSSR count). The molecule has 144 valence electrons. The molecule has 1 atom stereocenters. The molecule has 0 bridgehead atoms. The number of nitrogens with two attached hydrogens (primary N) is 1. The number of likely N-dealkylation sites (tertiary alicyclic amines) is 1. The van der Waals surface area contributed by atoms with Gasteiger partial charge in [0.1, 0.15) is 17.7 Å². The Bertz CT molecular complexity index is 806. The molecule has 2 aromatic heterocycles. The van der Waals surface area contributed by atoms with E-state index < -0.39 is 0 Å². The number of rotatable bonds is 5. The highest BCUT2D eigenvalue weighted by Crippen LogP contribution is 2.22. The van der Waals surface area contributed by atoms with Gasteiger partial charge in [-0.2, -0.15) is 0 Å². The SMILES string of the molecule is Nc1ncnc2ccc(N3CCCC(NC(=O)CCN4CCCC4)C3)nc12. The smallest absolute Gasteiger partial charge is 0.221 e. The maximum Gasteiger partial charge on any atom is 0.221 e. The monoisotopic (exact) mass is 369 g/mol. The lowest BCUT2D eigenvalue weighted by molar-refractivity contribution is -0.122. The lowest BCUT2D eigenvalue weighted by atomic mass is 10.1. The molecule has 0 aromatic carbocycles. The number of piperidine rings is 1. The molecular weight excluding hydrogens is 342 g/mol. The Morgan fingerprint density at radius 2 is 2.04 bits per heavy atom. The van der Waals surface area contributed by atoms with Crippen LogP contribution in [0.4, 0.5) is 11.6 Å². The summed E-state index contributed by atoms with van der Waals surface area (Å²) in [4.78, 5) is 29.8. The van der Waals surface area contributed by atoms with E-state index in [-0.39, 0.29) is 11.9 Å². The summed E-state index contributed by atoms with van der Waals surface area (Å²) in [5.41, 5.74) is 7.32. The molecule has 8 heteroatoms. The van der Waals surface area contributed by atoms with Gasteiger partial charge >= 0.3 is 0 Å². The number of pyridine rings is 1. The molecule has 8 nitrogen and oxygen atoms in total. The number of hydrogen-bond donors (Lipinski definition) is 2. The molecule has 2 fully saturated rings. The average molecular weight is 369 g/mol. The van der Waals surface area contributed by atoms with Crippen molar-refractivity contribution in [2.24, 2.45) is 0 Å². The number of nitrogen functional groups attached to an aromatic ring is 1. The van der Waals surface area contributed by atoms with Crippen LogP contribution in [0.15, 0.2) is 18.5 Å². The number of hydrogen-bond acceptors (Lipinski definition) is 7. The van der Waals surface area contributed by atoms with Crippen LogP contribution < -0.4 is 16.0 Å². The van der Waals surface area contributed by atoms with Gasteiger partial charge in [0.25, 0.3) is 0 Å². The summed E-state index contributed by atoms with van der Waals surface area (Å²) in [6, 6.07) is 4.05. The van der Waals surface area contributed by atoms with Gasteiger partial charge in [-0.05, 0) is 50.9 Å². The first kappa shape index (κ1) is 17.9. The largest absolute Gasteiger partial charge is 0.382 e. The molecule has 2 aromatic rings. The van der Waals surface area contributed by atoms with Crippen LogP contribution in [-0.4, -0.2) is 64.5 Å². The van der Waals surface area contributed by atoms with Crippen molar-refractivity contribution in [3.63, 3.8) is 0 Å². The summed E-state index contributed by atoms with van der Waals surface area (Å²) >= 11 is 0. The Hall–Kier alpha value is -2.48. The van der Waals surface area contributed by atoms with Crippen molar-refractivity contribution in [3.8, 4) is 0 Å². The summed E-state index contributed by atoms with van der Waals surface area (Å²) in [5, 5.41) is 3.21. The average Bonchev–Trinajstić information content (AvgIpc) is 3.20. The molecule has 1 amide bonds. The van der Waals surface area contributed by atoms with Crippen LogP contribution in [0.3, 0.4) is 0 Å². The molecular formula is C19H27N7O. The normalized spacial score (nSPS) is 20.9. The Morgan fingerprint density at radius 3 is 2.89 bits per heavy atom. The van der Waals surface area contributed by atoms with Gasteiger partial charge in [-0.25, -0.2) is 15.0 Å². The second-order valence-electron chi connectivity index (χ2n) is 7.45. The van der Waals surface area contributed by atoms with E-state index in [9.17, 15) is 4.79 Å². The third-order valence-corrected chi connectivity index (χ3v) is 5.46. The van der Waals surface area contributed by atoms with E-state index in [1.165, 1.54) is 19.2 Å².